The molecular weight excluding hydrogens is 281 g/mol. The fourth-order valence-corrected chi connectivity index (χ4v) is 2.29. The van der Waals surface area contributed by atoms with Crippen LogP contribution < -0.4 is 0 Å². The summed E-state index contributed by atoms with van der Waals surface area (Å²) in [6, 6.07) is 1.20. The Morgan fingerprint density at radius 2 is 1.89 bits per heavy atom. The van der Waals surface area contributed by atoms with Gasteiger partial charge in [0, 0.05) is 24.1 Å². The minimum atomic E-state index is -1.25. The highest BCUT2D eigenvalue weighted by Gasteiger charge is 2.23. The molecule has 0 saturated heterocycles. The number of benzene rings is 1. The second-order valence-corrected chi connectivity index (χ2v) is 4.51. The molecule has 0 fully saturated rings. The Morgan fingerprint density at radius 1 is 1.16 bits per heavy atom. The summed E-state index contributed by atoms with van der Waals surface area (Å²) in [7, 11) is 0. The SMILES string of the molecule is Fc1cc(F)c(-n2nc3c(c2Cl)COCC3)cc1F. The van der Waals surface area contributed by atoms with Crippen molar-refractivity contribution in [3.63, 3.8) is 0 Å². The van der Waals surface area contributed by atoms with Crippen molar-refractivity contribution in [2.75, 3.05) is 6.61 Å². The van der Waals surface area contributed by atoms with Gasteiger partial charge in [-0.15, -0.1) is 0 Å². The van der Waals surface area contributed by atoms with Gasteiger partial charge in [-0.1, -0.05) is 11.6 Å². The van der Waals surface area contributed by atoms with E-state index in [2.05, 4.69) is 5.10 Å². The Kier molecular flexibility index (Phi) is 2.99. The summed E-state index contributed by atoms with van der Waals surface area (Å²) in [6.07, 6.45) is 0.549. The fraction of sp³-hybridized carbons (Fsp3) is 0.250. The van der Waals surface area contributed by atoms with Crippen LogP contribution in [0.4, 0.5) is 13.2 Å². The quantitative estimate of drug-likeness (QED) is 0.754. The maximum atomic E-state index is 13.7. The van der Waals surface area contributed by atoms with E-state index in [9.17, 15) is 13.2 Å². The molecule has 0 atom stereocenters. The molecule has 1 aromatic carbocycles. The van der Waals surface area contributed by atoms with Gasteiger partial charge >= 0.3 is 0 Å². The number of aromatic nitrogens is 2. The van der Waals surface area contributed by atoms with E-state index in [1.807, 2.05) is 0 Å². The summed E-state index contributed by atoms with van der Waals surface area (Å²) in [4.78, 5) is 0. The van der Waals surface area contributed by atoms with Gasteiger partial charge in [0.1, 0.15) is 10.8 Å². The van der Waals surface area contributed by atoms with Crippen LogP contribution in [0.2, 0.25) is 5.15 Å². The lowest BCUT2D eigenvalue weighted by molar-refractivity contribution is 0.110. The third-order valence-corrected chi connectivity index (χ3v) is 3.34. The zero-order valence-corrected chi connectivity index (χ0v) is 10.3. The van der Waals surface area contributed by atoms with Gasteiger partial charge in [-0.3, -0.25) is 0 Å². The number of nitrogens with zero attached hydrogens (tertiary/aromatic N) is 2. The zero-order chi connectivity index (χ0) is 13.6. The Hall–Kier alpha value is -1.53. The van der Waals surface area contributed by atoms with Gasteiger partial charge in [0.15, 0.2) is 17.5 Å². The van der Waals surface area contributed by atoms with Gasteiger partial charge in [0.2, 0.25) is 0 Å². The van der Waals surface area contributed by atoms with Crippen LogP contribution in [0.15, 0.2) is 12.1 Å². The molecule has 0 unspecified atom stereocenters. The van der Waals surface area contributed by atoms with Crippen molar-refractivity contribution in [2.45, 2.75) is 13.0 Å². The molecule has 0 aliphatic carbocycles. The van der Waals surface area contributed by atoms with E-state index in [4.69, 9.17) is 16.3 Å². The molecule has 1 aliphatic heterocycles. The molecule has 0 radical (unpaired) electrons. The summed E-state index contributed by atoms with van der Waals surface area (Å²) >= 11 is 6.08. The van der Waals surface area contributed by atoms with Gasteiger partial charge in [0.25, 0.3) is 0 Å². The van der Waals surface area contributed by atoms with Crippen LogP contribution in [0.1, 0.15) is 11.3 Å². The molecule has 0 N–H and O–H groups in total. The molecule has 2 heterocycles. The molecule has 0 spiro atoms. The molecule has 3 nitrogen and oxygen atoms in total. The Labute approximate surface area is 111 Å². The first-order valence-corrected chi connectivity index (χ1v) is 5.94. The van der Waals surface area contributed by atoms with E-state index in [0.29, 0.717) is 30.4 Å². The lowest BCUT2D eigenvalue weighted by Gasteiger charge is -2.09. The summed E-state index contributed by atoms with van der Waals surface area (Å²) < 4.78 is 46.1. The predicted molar refractivity (Wildman–Crippen MR) is 61.8 cm³/mol. The highest BCUT2D eigenvalue weighted by molar-refractivity contribution is 6.30. The monoisotopic (exact) mass is 288 g/mol. The maximum absolute atomic E-state index is 13.7. The lowest BCUT2D eigenvalue weighted by atomic mass is 10.2. The number of fused-ring (bicyclic) bond motifs is 1. The van der Waals surface area contributed by atoms with Gasteiger partial charge < -0.3 is 4.74 Å². The normalized spacial score (nSPS) is 14.5. The van der Waals surface area contributed by atoms with Crippen LogP contribution in [-0.2, 0) is 17.8 Å². The summed E-state index contributed by atoms with van der Waals surface area (Å²) in [6.45, 7) is 0.778. The predicted octanol–water partition coefficient (Wildman–Crippen LogP) is 3.02. The van der Waals surface area contributed by atoms with Gasteiger partial charge in [-0.25, -0.2) is 17.9 Å². The molecular formula is C12H8ClF3N2O. The first-order chi connectivity index (χ1) is 9.08. The molecule has 0 bridgehead atoms. The largest absolute Gasteiger partial charge is 0.376 e. The van der Waals surface area contributed by atoms with E-state index >= 15 is 0 Å². The van der Waals surface area contributed by atoms with Crippen molar-refractivity contribution in [3.8, 4) is 5.69 Å². The smallest absolute Gasteiger partial charge is 0.161 e. The van der Waals surface area contributed by atoms with Gasteiger partial charge in [-0.2, -0.15) is 5.10 Å². The minimum absolute atomic E-state index is 0.152. The number of hydrogen-bond donors (Lipinski definition) is 0. The van der Waals surface area contributed by atoms with Crippen LogP contribution >= 0.6 is 11.6 Å². The van der Waals surface area contributed by atoms with Crippen molar-refractivity contribution < 1.29 is 17.9 Å². The number of ether oxygens (including phenoxy) is 1. The zero-order valence-electron chi connectivity index (χ0n) is 9.59. The summed E-state index contributed by atoms with van der Waals surface area (Å²) in [5.41, 5.74) is 1.11. The van der Waals surface area contributed by atoms with Crippen molar-refractivity contribution in [3.05, 3.63) is 46.0 Å². The van der Waals surface area contributed by atoms with Crippen molar-refractivity contribution in [2.24, 2.45) is 0 Å². The third kappa shape index (κ3) is 2.01. The molecule has 0 saturated carbocycles. The van der Waals surface area contributed by atoms with Crippen molar-refractivity contribution >= 4 is 11.6 Å². The Balaban J connectivity index is 2.17. The van der Waals surface area contributed by atoms with E-state index in [0.717, 1.165) is 10.7 Å². The number of halogens is 4. The maximum Gasteiger partial charge on any atom is 0.161 e. The molecule has 1 aliphatic rings. The third-order valence-electron chi connectivity index (χ3n) is 2.95. The molecule has 0 amide bonds. The number of hydrogen-bond acceptors (Lipinski definition) is 2. The van der Waals surface area contributed by atoms with Crippen molar-refractivity contribution in [1.29, 1.82) is 0 Å². The first kappa shape index (κ1) is 12.5. The number of rotatable bonds is 1. The van der Waals surface area contributed by atoms with Crippen LogP contribution in [-0.4, -0.2) is 16.4 Å². The average molecular weight is 289 g/mol. The molecule has 2 aromatic rings. The molecule has 7 heteroatoms. The highest BCUT2D eigenvalue weighted by atomic mass is 35.5. The summed E-state index contributed by atoms with van der Waals surface area (Å²) in [5, 5.41) is 4.28. The standard InChI is InChI=1S/C12H8ClF3N2O/c13-12-6-5-19-2-1-10(6)17-18(12)11-4-8(15)7(14)3-9(11)16/h3-4H,1-2,5H2. The Morgan fingerprint density at radius 3 is 2.63 bits per heavy atom. The van der Waals surface area contributed by atoms with E-state index in [1.54, 1.807) is 0 Å². The Bertz CT molecular complexity index is 657. The lowest BCUT2D eigenvalue weighted by Crippen LogP contribution is -2.08. The van der Waals surface area contributed by atoms with E-state index < -0.39 is 17.5 Å². The fourth-order valence-electron chi connectivity index (χ4n) is 1.99. The topological polar surface area (TPSA) is 27.1 Å². The van der Waals surface area contributed by atoms with Crippen molar-refractivity contribution in [1.82, 2.24) is 9.78 Å². The molecule has 1 aromatic heterocycles. The molecule has 3 rings (SSSR count). The van der Waals surface area contributed by atoms with Gasteiger partial charge in [0.05, 0.1) is 18.9 Å². The second-order valence-electron chi connectivity index (χ2n) is 4.15. The van der Waals surface area contributed by atoms with Crippen LogP contribution in [0.5, 0.6) is 0 Å². The van der Waals surface area contributed by atoms with E-state index in [-0.39, 0.29) is 17.4 Å². The highest BCUT2D eigenvalue weighted by Crippen LogP contribution is 2.29. The van der Waals surface area contributed by atoms with Crippen LogP contribution in [0, 0.1) is 17.5 Å². The molecule has 100 valence electrons. The summed E-state index contributed by atoms with van der Waals surface area (Å²) in [5.74, 6) is -3.34. The first-order valence-electron chi connectivity index (χ1n) is 5.57. The van der Waals surface area contributed by atoms with E-state index in [1.165, 1.54) is 0 Å². The van der Waals surface area contributed by atoms with Crippen LogP contribution in [0.25, 0.3) is 5.69 Å². The van der Waals surface area contributed by atoms with Crippen LogP contribution in [0.3, 0.4) is 0 Å². The minimum Gasteiger partial charge on any atom is -0.376 e. The average Bonchev–Trinajstić information content (AvgIpc) is 2.72. The van der Waals surface area contributed by atoms with Gasteiger partial charge in [-0.05, 0) is 0 Å². The molecule has 19 heavy (non-hydrogen) atoms. The second kappa shape index (κ2) is 4.54.